The molecule has 0 heterocycles. The molecule has 0 spiro atoms. The lowest BCUT2D eigenvalue weighted by atomic mass is 10.1. The Morgan fingerprint density at radius 3 is 2.21 bits per heavy atom. The van der Waals surface area contributed by atoms with Gasteiger partial charge in [0, 0.05) is 5.56 Å². The first-order chi connectivity index (χ1) is 11.6. The van der Waals surface area contributed by atoms with Gasteiger partial charge in [0.2, 0.25) is 5.96 Å². The van der Waals surface area contributed by atoms with Crippen molar-refractivity contribution in [2.45, 2.75) is 0 Å². The van der Waals surface area contributed by atoms with Crippen LogP contribution in [0.4, 0.5) is 0 Å². The van der Waals surface area contributed by atoms with Gasteiger partial charge in [0.15, 0.2) is 5.78 Å². The minimum Gasteiger partial charge on any atom is -0.497 e. The van der Waals surface area contributed by atoms with Crippen molar-refractivity contribution < 1.29 is 9.53 Å². The zero-order valence-electron chi connectivity index (χ0n) is 13.2. The molecule has 122 valence electrons. The molecule has 0 aliphatic heterocycles. The topological polar surface area (TPSA) is 103 Å². The monoisotopic (exact) mass is 322 g/mol. The number of rotatable bonds is 6. The molecule has 24 heavy (non-hydrogen) atoms. The first-order valence-electron chi connectivity index (χ1n) is 7.17. The highest BCUT2D eigenvalue weighted by atomic mass is 16.5. The normalized spacial score (nSPS) is 10.9. The number of allylic oxidation sites excluding steroid dienone is 1. The van der Waals surface area contributed by atoms with Gasteiger partial charge in [0.05, 0.1) is 13.3 Å². The number of benzene rings is 2. The van der Waals surface area contributed by atoms with Crippen LogP contribution < -0.4 is 16.2 Å². The smallest absolute Gasteiger partial charge is 0.211 e. The Balaban J connectivity index is 2.01. The number of methoxy groups -OCH3 is 1. The fourth-order valence-corrected chi connectivity index (χ4v) is 1.88. The van der Waals surface area contributed by atoms with Gasteiger partial charge in [-0.1, -0.05) is 30.3 Å². The van der Waals surface area contributed by atoms with E-state index in [1.54, 1.807) is 37.5 Å². The number of guanidine groups is 1. The molecule has 0 saturated heterocycles. The van der Waals surface area contributed by atoms with Crippen molar-refractivity contribution in [3.05, 3.63) is 71.3 Å². The van der Waals surface area contributed by atoms with Crippen LogP contribution in [0.15, 0.2) is 64.8 Å². The number of ether oxygens (including phenoxy) is 1. The summed E-state index contributed by atoms with van der Waals surface area (Å²) in [6, 6.07) is 14.4. The van der Waals surface area contributed by atoms with E-state index in [0.717, 1.165) is 11.1 Å². The molecule has 0 saturated carbocycles. The summed E-state index contributed by atoms with van der Waals surface area (Å²) in [6.45, 7) is 0. The Morgan fingerprint density at radius 2 is 1.62 bits per heavy atom. The minimum absolute atomic E-state index is 0.0731. The van der Waals surface area contributed by atoms with Gasteiger partial charge in [-0.05, 0) is 41.5 Å². The third-order valence-electron chi connectivity index (χ3n) is 3.12. The second kappa shape index (κ2) is 8.28. The maximum Gasteiger partial charge on any atom is 0.211 e. The Hall–Kier alpha value is -3.41. The zero-order chi connectivity index (χ0) is 17.4. The number of carbonyl (C=O) groups is 1. The zero-order valence-corrected chi connectivity index (χ0v) is 13.2. The fourth-order valence-electron chi connectivity index (χ4n) is 1.88. The molecule has 0 aliphatic rings. The molecule has 4 N–H and O–H groups in total. The highest BCUT2D eigenvalue weighted by Crippen LogP contribution is 2.13. The molecule has 0 atom stereocenters. The van der Waals surface area contributed by atoms with Gasteiger partial charge in [0.1, 0.15) is 5.75 Å². The number of ketones is 1. The Labute approximate surface area is 140 Å². The second-order valence-corrected chi connectivity index (χ2v) is 4.86. The Kier molecular flexibility index (Phi) is 5.85. The quantitative estimate of drug-likeness (QED) is 0.280. The standard InChI is InChI=1S/C18H18N4O2/c1-24-16-9-7-15(8-10-16)17(23)11-6-13-2-4-14(5-3-13)12-21-22-18(19)20/h2-12H,1H3,(H4,19,20,22)/b11-6+,21-12+. The largest absolute Gasteiger partial charge is 0.497 e. The number of hydrogen-bond acceptors (Lipinski definition) is 4. The van der Waals surface area contributed by atoms with Crippen LogP contribution in [0, 0.1) is 0 Å². The van der Waals surface area contributed by atoms with Crippen molar-refractivity contribution in [1.82, 2.24) is 0 Å². The molecule has 0 aromatic heterocycles. The molecule has 0 bridgehead atoms. The highest BCUT2D eigenvalue weighted by molar-refractivity contribution is 6.06. The van der Waals surface area contributed by atoms with Gasteiger partial charge in [-0.25, -0.2) is 0 Å². The second-order valence-electron chi connectivity index (χ2n) is 4.86. The first kappa shape index (κ1) is 17.0. The summed E-state index contributed by atoms with van der Waals surface area (Å²) in [4.78, 5) is 12.1. The number of nitrogens with two attached hydrogens (primary N) is 2. The molecule has 0 unspecified atom stereocenters. The molecule has 0 amide bonds. The van der Waals surface area contributed by atoms with E-state index < -0.39 is 0 Å². The van der Waals surface area contributed by atoms with Crippen LogP contribution in [0.1, 0.15) is 21.5 Å². The number of nitrogens with zero attached hydrogens (tertiary/aromatic N) is 2. The van der Waals surface area contributed by atoms with E-state index in [0.29, 0.717) is 11.3 Å². The summed E-state index contributed by atoms with van der Waals surface area (Å²) in [5.41, 5.74) is 12.7. The van der Waals surface area contributed by atoms with E-state index in [-0.39, 0.29) is 11.7 Å². The van der Waals surface area contributed by atoms with E-state index in [1.807, 2.05) is 24.3 Å². The Bertz CT molecular complexity index is 772. The van der Waals surface area contributed by atoms with Gasteiger partial charge < -0.3 is 16.2 Å². The van der Waals surface area contributed by atoms with Gasteiger partial charge in [-0.15, -0.1) is 5.10 Å². The molecule has 2 aromatic rings. The predicted molar refractivity (Wildman–Crippen MR) is 96.2 cm³/mol. The van der Waals surface area contributed by atoms with Crippen molar-refractivity contribution in [3.8, 4) is 5.75 Å². The summed E-state index contributed by atoms with van der Waals surface area (Å²) >= 11 is 0. The SMILES string of the molecule is COc1ccc(C(=O)/C=C/c2ccc(/C=N/N=C(N)N)cc2)cc1. The van der Waals surface area contributed by atoms with Crippen LogP contribution in [-0.2, 0) is 0 Å². The van der Waals surface area contributed by atoms with Crippen LogP contribution >= 0.6 is 0 Å². The molecule has 6 heteroatoms. The summed E-state index contributed by atoms with van der Waals surface area (Å²) in [6.07, 6.45) is 4.82. The minimum atomic E-state index is -0.0946. The fraction of sp³-hybridized carbons (Fsp3) is 0.0556. The van der Waals surface area contributed by atoms with Crippen LogP contribution in [0.25, 0.3) is 6.08 Å². The average molecular weight is 322 g/mol. The summed E-state index contributed by atoms with van der Waals surface area (Å²) in [5.74, 6) is 0.549. The van der Waals surface area contributed by atoms with Gasteiger partial charge in [-0.2, -0.15) is 5.10 Å². The third kappa shape index (κ3) is 5.10. The van der Waals surface area contributed by atoms with E-state index in [1.165, 1.54) is 12.3 Å². The van der Waals surface area contributed by atoms with Crippen LogP contribution in [0.3, 0.4) is 0 Å². The lowest BCUT2D eigenvalue weighted by Crippen LogP contribution is -2.21. The third-order valence-corrected chi connectivity index (χ3v) is 3.12. The van der Waals surface area contributed by atoms with E-state index in [9.17, 15) is 4.79 Å². The molecule has 6 nitrogen and oxygen atoms in total. The highest BCUT2D eigenvalue weighted by Gasteiger charge is 2.01. The van der Waals surface area contributed by atoms with Crippen molar-refractivity contribution in [3.63, 3.8) is 0 Å². The van der Waals surface area contributed by atoms with Gasteiger partial charge in [0.25, 0.3) is 0 Å². The lowest BCUT2D eigenvalue weighted by molar-refractivity contribution is 0.104. The average Bonchev–Trinajstić information content (AvgIpc) is 2.60. The van der Waals surface area contributed by atoms with Crippen molar-refractivity contribution in [2.24, 2.45) is 21.7 Å². The molecule has 0 aliphatic carbocycles. The lowest BCUT2D eigenvalue weighted by Gasteiger charge is -2.00. The maximum absolute atomic E-state index is 12.1. The van der Waals surface area contributed by atoms with Crippen molar-refractivity contribution >= 4 is 24.0 Å². The Morgan fingerprint density at radius 1 is 1.00 bits per heavy atom. The van der Waals surface area contributed by atoms with E-state index >= 15 is 0 Å². The first-order valence-corrected chi connectivity index (χ1v) is 7.17. The van der Waals surface area contributed by atoms with Crippen molar-refractivity contribution in [2.75, 3.05) is 7.11 Å². The summed E-state index contributed by atoms with van der Waals surface area (Å²) < 4.78 is 5.07. The van der Waals surface area contributed by atoms with Crippen molar-refractivity contribution in [1.29, 1.82) is 0 Å². The molecular weight excluding hydrogens is 304 g/mol. The van der Waals surface area contributed by atoms with Crippen LogP contribution in [0.2, 0.25) is 0 Å². The molecule has 0 radical (unpaired) electrons. The number of hydrogen-bond donors (Lipinski definition) is 2. The molecule has 2 rings (SSSR count). The van der Waals surface area contributed by atoms with Gasteiger partial charge >= 0.3 is 0 Å². The van der Waals surface area contributed by atoms with E-state index in [2.05, 4.69) is 10.2 Å². The summed E-state index contributed by atoms with van der Waals surface area (Å²) in [5, 5.41) is 7.25. The number of carbonyl (C=O) groups excluding carboxylic acids is 1. The van der Waals surface area contributed by atoms with Crippen LogP contribution in [0.5, 0.6) is 5.75 Å². The maximum atomic E-state index is 12.1. The predicted octanol–water partition coefficient (Wildman–Crippen LogP) is 2.20. The van der Waals surface area contributed by atoms with Gasteiger partial charge in [-0.3, -0.25) is 4.79 Å². The molecule has 0 fully saturated rings. The molecular formula is C18H18N4O2. The molecule has 2 aromatic carbocycles. The van der Waals surface area contributed by atoms with E-state index in [4.69, 9.17) is 16.2 Å². The van der Waals surface area contributed by atoms with Crippen LogP contribution in [-0.4, -0.2) is 25.1 Å². The summed E-state index contributed by atoms with van der Waals surface area (Å²) in [7, 11) is 1.59.